The van der Waals surface area contributed by atoms with Gasteiger partial charge in [-0.05, 0) is 18.1 Å². The minimum Gasteiger partial charge on any atom is -0.460 e. The minimum atomic E-state index is -2.14. The molecule has 1 aliphatic rings. The van der Waals surface area contributed by atoms with E-state index in [1.165, 1.54) is 27.9 Å². The van der Waals surface area contributed by atoms with Crippen LogP contribution in [-0.2, 0) is 42.5 Å². The molecule has 0 aromatic carbocycles. The zero-order chi connectivity index (χ0) is 22.6. The molecule has 0 bridgehead atoms. The van der Waals surface area contributed by atoms with E-state index in [1.54, 1.807) is 0 Å². The van der Waals surface area contributed by atoms with Gasteiger partial charge in [-0.15, -0.1) is 0 Å². The normalized spacial score (nSPS) is 27.4. The molecule has 1 aliphatic heterocycles. The van der Waals surface area contributed by atoms with Gasteiger partial charge in [0.2, 0.25) is 5.79 Å². The molecule has 0 radical (unpaired) electrons. The Balaban J connectivity index is 3.22. The number of rotatable bonds is 8. The van der Waals surface area contributed by atoms with Crippen molar-refractivity contribution in [3.8, 4) is 0 Å². The second-order valence-corrected chi connectivity index (χ2v) is 13.4. The van der Waals surface area contributed by atoms with E-state index in [-0.39, 0.29) is 18.3 Å². The van der Waals surface area contributed by atoms with Crippen LogP contribution >= 0.6 is 0 Å². The summed E-state index contributed by atoms with van der Waals surface area (Å²) in [5, 5.41) is -0.0477. The Morgan fingerprint density at radius 3 is 1.97 bits per heavy atom. The highest BCUT2D eigenvalue weighted by Gasteiger charge is 2.61. The van der Waals surface area contributed by atoms with Crippen molar-refractivity contribution in [2.45, 2.75) is 83.8 Å². The molecule has 0 amide bonds. The molecule has 4 atom stereocenters. The molecule has 0 saturated carbocycles. The van der Waals surface area contributed by atoms with E-state index < -0.39 is 50.3 Å². The lowest BCUT2D eigenvalue weighted by Gasteiger charge is -2.37. The van der Waals surface area contributed by atoms with E-state index in [4.69, 9.17) is 28.1 Å². The van der Waals surface area contributed by atoms with Crippen LogP contribution in [0.4, 0.5) is 0 Å². The van der Waals surface area contributed by atoms with E-state index in [9.17, 15) is 14.4 Å². The lowest BCUT2D eigenvalue weighted by molar-refractivity contribution is -0.270. The molecule has 9 nitrogen and oxygen atoms in total. The summed E-state index contributed by atoms with van der Waals surface area (Å²) in [5.74, 6) is -3.38. The Bertz CT molecular complexity index is 613. The summed E-state index contributed by atoms with van der Waals surface area (Å²) in [6.07, 6.45) is -2.91. The van der Waals surface area contributed by atoms with Gasteiger partial charge in [0.25, 0.3) is 0 Å². The molecule has 1 saturated heterocycles. The predicted molar refractivity (Wildman–Crippen MR) is 106 cm³/mol. The molecule has 168 valence electrons. The SMILES string of the molecule is COC1(COC(C)=O)O[C@H](CO[Si](C)(C)C(C)(C)C)[C@@H](OC(C)=O)[C@@H]1OC(C)=O. The fourth-order valence-electron chi connectivity index (χ4n) is 2.68. The van der Waals surface area contributed by atoms with Crippen molar-refractivity contribution < 1.29 is 42.5 Å². The van der Waals surface area contributed by atoms with Crippen molar-refractivity contribution in [1.29, 1.82) is 0 Å². The third kappa shape index (κ3) is 6.50. The second-order valence-electron chi connectivity index (χ2n) is 8.63. The number of carbonyl (C=O) groups excluding carboxylic acids is 3. The summed E-state index contributed by atoms with van der Waals surface area (Å²) < 4.78 is 33.6. The highest BCUT2D eigenvalue weighted by molar-refractivity contribution is 6.74. The van der Waals surface area contributed by atoms with Crippen molar-refractivity contribution >= 4 is 26.2 Å². The molecule has 0 aromatic heterocycles. The fourth-order valence-corrected chi connectivity index (χ4v) is 3.69. The standard InChI is InChI=1S/C19H34O9Si/c1-12(20)24-11-19(23-7)17(27-14(3)22)16(26-13(2)21)15(28-19)10-25-29(8,9)18(4,5)6/h15-17H,10-11H2,1-9H3/t15-,16-,17+,19?/m1/s1. The molecular weight excluding hydrogens is 400 g/mol. The van der Waals surface area contributed by atoms with Gasteiger partial charge in [0, 0.05) is 27.9 Å². The summed E-state index contributed by atoms with van der Waals surface area (Å²) in [6, 6.07) is 0. The summed E-state index contributed by atoms with van der Waals surface area (Å²) in [7, 11) is -0.808. The summed E-state index contributed by atoms with van der Waals surface area (Å²) in [6.45, 7) is 13.9. The Hall–Kier alpha value is -1.49. The van der Waals surface area contributed by atoms with Crippen LogP contribution in [0.15, 0.2) is 0 Å². The van der Waals surface area contributed by atoms with Crippen LogP contribution in [0.25, 0.3) is 0 Å². The zero-order valence-corrected chi connectivity index (χ0v) is 19.8. The average molecular weight is 435 g/mol. The number of hydrogen-bond donors (Lipinski definition) is 0. The second kappa shape index (κ2) is 9.54. The summed E-state index contributed by atoms with van der Waals surface area (Å²) >= 11 is 0. The van der Waals surface area contributed by atoms with Crippen LogP contribution in [0.3, 0.4) is 0 Å². The Labute approximate surface area is 173 Å². The van der Waals surface area contributed by atoms with Crippen molar-refractivity contribution in [2.24, 2.45) is 0 Å². The van der Waals surface area contributed by atoms with E-state index in [1.807, 2.05) is 0 Å². The Morgan fingerprint density at radius 1 is 1.00 bits per heavy atom. The van der Waals surface area contributed by atoms with Crippen LogP contribution in [0.2, 0.25) is 18.1 Å². The molecule has 10 heteroatoms. The molecule has 1 fully saturated rings. The molecular formula is C19H34O9Si. The molecule has 0 aliphatic carbocycles. The number of carbonyl (C=O) groups is 3. The molecule has 1 unspecified atom stereocenters. The van der Waals surface area contributed by atoms with Crippen LogP contribution in [0.1, 0.15) is 41.5 Å². The number of esters is 3. The van der Waals surface area contributed by atoms with Gasteiger partial charge in [-0.25, -0.2) is 0 Å². The largest absolute Gasteiger partial charge is 0.460 e. The third-order valence-corrected chi connectivity index (χ3v) is 9.78. The van der Waals surface area contributed by atoms with Gasteiger partial charge in [0.1, 0.15) is 12.7 Å². The lowest BCUT2D eigenvalue weighted by Crippen LogP contribution is -2.51. The quantitative estimate of drug-likeness (QED) is 0.323. The van der Waals surface area contributed by atoms with Crippen molar-refractivity contribution in [1.82, 2.24) is 0 Å². The molecule has 0 aromatic rings. The maximum absolute atomic E-state index is 11.7. The smallest absolute Gasteiger partial charge is 0.303 e. The molecule has 0 N–H and O–H groups in total. The zero-order valence-electron chi connectivity index (χ0n) is 18.8. The van der Waals surface area contributed by atoms with Crippen LogP contribution in [0, 0.1) is 0 Å². The van der Waals surface area contributed by atoms with E-state index in [0.29, 0.717) is 0 Å². The molecule has 1 rings (SSSR count). The van der Waals surface area contributed by atoms with E-state index >= 15 is 0 Å². The van der Waals surface area contributed by atoms with Crippen molar-refractivity contribution in [3.63, 3.8) is 0 Å². The van der Waals surface area contributed by atoms with Gasteiger partial charge < -0.3 is 28.1 Å². The highest BCUT2D eigenvalue weighted by Crippen LogP contribution is 2.40. The van der Waals surface area contributed by atoms with Gasteiger partial charge in [0.15, 0.2) is 20.5 Å². The maximum Gasteiger partial charge on any atom is 0.303 e. The molecule has 29 heavy (non-hydrogen) atoms. The van der Waals surface area contributed by atoms with Gasteiger partial charge >= 0.3 is 17.9 Å². The van der Waals surface area contributed by atoms with Crippen molar-refractivity contribution in [3.05, 3.63) is 0 Å². The van der Waals surface area contributed by atoms with Crippen LogP contribution in [0.5, 0.6) is 0 Å². The van der Waals surface area contributed by atoms with Crippen molar-refractivity contribution in [2.75, 3.05) is 20.3 Å². The maximum atomic E-state index is 11.7. The monoisotopic (exact) mass is 434 g/mol. The lowest BCUT2D eigenvalue weighted by atomic mass is 10.0. The van der Waals surface area contributed by atoms with Crippen LogP contribution < -0.4 is 0 Å². The number of methoxy groups -OCH3 is 1. The van der Waals surface area contributed by atoms with Gasteiger partial charge in [-0.1, -0.05) is 20.8 Å². The first-order chi connectivity index (χ1) is 13.1. The van der Waals surface area contributed by atoms with Gasteiger partial charge in [0.05, 0.1) is 6.61 Å². The molecule has 0 spiro atoms. The van der Waals surface area contributed by atoms with E-state index in [2.05, 4.69) is 33.9 Å². The van der Waals surface area contributed by atoms with Crippen LogP contribution in [-0.4, -0.2) is 70.6 Å². The first kappa shape index (κ1) is 25.5. The van der Waals surface area contributed by atoms with Gasteiger partial charge in [-0.3, -0.25) is 14.4 Å². The van der Waals surface area contributed by atoms with E-state index in [0.717, 1.165) is 0 Å². The average Bonchev–Trinajstić information content (AvgIpc) is 2.83. The predicted octanol–water partition coefficient (Wildman–Crippen LogP) is 2.18. The number of hydrogen-bond acceptors (Lipinski definition) is 9. The first-order valence-corrected chi connectivity index (χ1v) is 12.4. The number of ether oxygens (including phenoxy) is 5. The topological polar surface area (TPSA) is 107 Å². The Morgan fingerprint density at radius 2 is 1.55 bits per heavy atom. The minimum absolute atomic E-state index is 0.0477. The first-order valence-electron chi connectivity index (χ1n) is 9.50. The summed E-state index contributed by atoms with van der Waals surface area (Å²) in [5.41, 5.74) is 0. The highest BCUT2D eigenvalue weighted by atomic mass is 28.4. The Kier molecular flexibility index (Phi) is 8.41. The third-order valence-electron chi connectivity index (χ3n) is 5.28. The van der Waals surface area contributed by atoms with Gasteiger partial charge in [-0.2, -0.15) is 0 Å². The fraction of sp³-hybridized carbons (Fsp3) is 0.842. The molecule has 1 heterocycles. The summed E-state index contributed by atoms with van der Waals surface area (Å²) in [4.78, 5) is 34.8.